The summed E-state index contributed by atoms with van der Waals surface area (Å²) in [6.45, 7) is 3.38. The number of amides is 1. The van der Waals surface area contributed by atoms with Crippen molar-refractivity contribution in [1.29, 1.82) is 5.41 Å². The van der Waals surface area contributed by atoms with Crippen molar-refractivity contribution in [2.24, 2.45) is 11.7 Å². The van der Waals surface area contributed by atoms with E-state index in [4.69, 9.17) is 15.7 Å². The summed E-state index contributed by atoms with van der Waals surface area (Å²) < 4.78 is 58.9. The average Bonchev–Trinajstić information content (AvgIpc) is 3.00. The molecule has 3 aromatic carbocycles. The van der Waals surface area contributed by atoms with Gasteiger partial charge in [-0.15, -0.1) is 0 Å². The number of benzene rings is 3. The lowest BCUT2D eigenvalue weighted by Crippen LogP contribution is -2.51. The molecule has 4 rings (SSSR count). The van der Waals surface area contributed by atoms with Crippen LogP contribution in [0.25, 0.3) is 0 Å². The van der Waals surface area contributed by atoms with Gasteiger partial charge < -0.3 is 16.0 Å². The fraction of sp³-hybridized carbons (Fsp3) is 0.310. The van der Waals surface area contributed by atoms with Crippen LogP contribution in [-0.4, -0.2) is 68.8 Å². The maximum atomic E-state index is 13.1. The Morgan fingerprint density at radius 3 is 2.20 bits per heavy atom. The predicted molar refractivity (Wildman–Crippen MR) is 180 cm³/mol. The van der Waals surface area contributed by atoms with Gasteiger partial charge in [-0.3, -0.25) is 24.9 Å². The maximum Gasteiger partial charge on any atom is 0.294 e. The van der Waals surface area contributed by atoms with Crippen LogP contribution in [0.15, 0.2) is 82.6 Å². The number of halogens is 1. The Labute approximate surface area is 281 Å². The van der Waals surface area contributed by atoms with Crippen molar-refractivity contribution in [3.8, 4) is 0 Å². The van der Waals surface area contributed by atoms with Crippen LogP contribution < -0.4 is 15.8 Å². The number of likely N-dealkylation sites (tertiary alicyclic amines) is 1. The van der Waals surface area contributed by atoms with Gasteiger partial charge in [0, 0.05) is 35.3 Å². The summed E-state index contributed by atoms with van der Waals surface area (Å²) in [5.74, 6) is -0.441. The third kappa shape index (κ3) is 11.3. The molecule has 0 unspecified atom stereocenters. The molecule has 1 amide bonds. The topological polar surface area (TPSA) is 226 Å². The fourth-order valence-electron chi connectivity index (χ4n) is 4.58. The third-order valence-electron chi connectivity index (χ3n) is 7.07. The zero-order valence-corrected chi connectivity index (χ0v) is 28.6. The summed E-state index contributed by atoms with van der Waals surface area (Å²) in [4.78, 5) is 25.2. The highest BCUT2D eigenvalue weighted by molar-refractivity contribution is 14.1. The molecule has 0 aliphatic carbocycles. The van der Waals surface area contributed by atoms with Crippen molar-refractivity contribution in [2.45, 2.75) is 42.0 Å². The predicted octanol–water partition coefficient (Wildman–Crippen LogP) is 3.05. The van der Waals surface area contributed by atoms with Crippen molar-refractivity contribution in [2.75, 3.05) is 19.6 Å². The van der Waals surface area contributed by atoms with Gasteiger partial charge >= 0.3 is 0 Å². The summed E-state index contributed by atoms with van der Waals surface area (Å²) in [6, 6.07) is 16.7. The molecule has 1 saturated heterocycles. The number of nitrogens with one attached hydrogen (secondary N) is 3. The number of carbonyl (C=O) groups excluding carboxylic acids is 1. The van der Waals surface area contributed by atoms with Gasteiger partial charge in [0.15, 0.2) is 5.96 Å². The first-order chi connectivity index (χ1) is 21.5. The Morgan fingerprint density at radius 2 is 1.65 bits per heavy atom. The number of piperidine rings is 1. The molecule has 0 radical (unpaired) electrons. The van der Waals surface area contributed by atoms with Crippen molar-refractivity contribution in [1.82, 2.24) is 14.9 Å². The van der Waals surface area contributed by atoms with Crippen molar-refractivity contribution >= 4 is 60.3 Å². The molecule has 17 heteroatoms. The molecule has 46 heavy (non-hydrogen) atoms. The van der Waals surface area contributed by atoms with Crippen molar-refractivity contribution in [3.63, 3.8) is 0 Å². The highest BCUT2D eigenvalue weighted by Crippen LogP contribution is 2.18. The normalized spacial score (nSPS) is 15.6. The van der Waals surface area contributed by atoms with Crippen molar-refractivity contribution < 1.29 is 31.1 Å². The molecule has 248 valence electrons. The summed E-state index contributed by atoms with van der Waals surface area (Å²) >= 11 is 2.07. The van der Waals surface area contributed by atoms with Crippen LogP contribution in [0.2, 0.25) is 0 Å². The Bertz CT molecular complexity index is 1740. The molecule has 2 atom stereocenters. The minimum absolute atomic E-state index is 0.0116. The molecule has 0 spiro atoms. The minimum atomic E-state index is -4.02. The van der Waals surface area contributed by atoms with E-state index in [1.54, 1.807) is 29.2 Å². The lowest BCUT2D eigenvalue weighted by molar-refractivity contribution is -0.384. The molecular weight excluding hydrogens is 751 g/mol. The van der Waals surface area contributed by atoms with E-state index in [2.05, 4.69) is 32.6 Å². The van der Waals surface area contributed by atoms with E-state index in [9.17, 15) is 31.7 Å². The van der Waals surface area contributed by atoms with E-state index in [-0.39, 0.29) is 33.8 Å². The van der Waals surface area contributed by atoms with Crippen LogP contribution in [-0.2, 0) is 31.4 Å². The van der Waals surface area contributed by atoms with Crippen LogP contribution in [0.5, 0.6) is 0 Å². The van der Waals surface area contributed by atoms with Crippen LogP contribution in [0, 0.1) is 31.9 Å². The number of nitrogens with zero attached hydrogens (tertiary/aromatic N) is 2. The van der Waals surface area contributed by atoms with Gasteiger partial charge in [0.25, 0.3) is 15.8 Å². The quantitative estimate of drug-likeness (QED) is 0.0504. The Morgan fingerprint density at radius 1 is 1.07 bits per heavy atom. The first-order valence-corrected chi connectivity index (χ1v) is 18.0. The molecule has 14 nitrogen and oxygen atoms in total. The molecule has 0 bridgehead atoms. The maximum absolute atomic E-state index is 13.1. The van der Waals surface area contributed by atoms with Gasteiger partial charge in [-0.25, -0.2) is 8.42 Å². The zero-order valence-electron chi connectivity index (χ0n) is 24.8. The molecule has 3 aromatic rings. The molecular formula is C29H35IN6O8S2. The van der Waals surface area contributed by atoms with E-state index in [0.717, 1.165) is 22.0 Å². The summed E-state index contributed by atoms with van der Waals surface area (Å²) in [6.07, 6.45) is 1.70. The molecule has 1 aliphatic rings. The lowest BCUT2D eigenvalue weighted by atomic mass is 9.98. The Balaban J connectivity index is 0.000000441. The summed E-state index contributed by atoms with van der Waals surface area (Å²) in [7, 11) is -8.02. The number of sulfonamides is 1. The number of nitro benzene ring substituents is 1. The second-order valence-electron chi connectivity index (χ2n) is 10.6. The van der Waals surface area contributed by atoms with Crippen LogP contribution in [0.4, 0.5) is 5.69 Å². The van der Waals surface area contributed by atoms with Gasteiger partial charge in [-0.05, 0) is 96.7 Å². The van der Waals surface area contributed by atoms with E-state index < -0.39 is 37.0 Å². The van der Waals surface area contributed by atoms with E-state index >= 15 is 0 Å². The molecule has 6 N–H and O–H groups in total. The van der Waals surface area contributed by atoms with Crippen LogP contribution >= 0.6 is 22.6 Å². The SMILES string of the molecule is Cc1ccc(S(=O)(=O)O)cc1.N=C(N)N1CCC[C@@H](CNC(=O)[C@@H](Cc2ccc([N+](=O)[O-])cc2)NS(=O)(=O)c2ccc(I)cc2)C1. The first-order valence-electron chi connectivity index (χ1n) is 14.0. The van der Waals surface area contributed by atoms with Gasteiger partial charge in [0.2, 0.25) is 15.9 Å². The largest absolute Gasteiger partial charge is 0.370 e. The number of nitro groups is 1. The van der Waals surface area contributed by atoms with Crippen molar-refractivity contribution in [3.05, 3.63) is 97.6 Å². The lowest BCUT2D eigenvalue weighted by Gasteiger charge is -2.33. The smallest absolute Gasteiger partial charge is 0.294 e. The number of hydrogen-bond acceptors (Lipinski definition) is 8. The molecule has 0 saturated carbocycles. The molecule has 0 aromatic heterocycles. The first kappa shape index (κ1) is 36.8. The zero-order chi connectivity index (χ0) is 34.1. The summed E-state index contributed by atoms with van der Waals surface area (Å²) in [5, 5.41) is 21.4. The number of rotatable bonds is 10. The standard InChI is InChI=1S/C22H27IN6O5S.C7H8O3S/c23-17-5-9-19(10-6-17)35(33,34)27-20(12-15-3-7-18(8-4-15)29(31)32)21(30)26-13-16-2-1-11-28(14-16)22(24)25;1-6-2-4-7(5-3-6)11(8,9)10/h3-10,16,20,27H,1-2,11-14H2,(H3,24,25)(H,26,30);2-5H,1H3,(H,8,9,10)/t16-,20+;/m0./s1. The van der Waals surface area contributed by atoms with E-state index in [1.165, 1.54) is 48.5 Å². The minimum Gasteiger partial charge on any atom is -0.370 e. The van der Waals surface area contributed by atoms with Crippen LogP contribution in [0.1, 0.15) is 24.0 Å². The van der Waals surface area contributed by atoms with E-state index in [0.29, 0.717) is 25.2 Å². The third-order valence-corrected chi connectivity index (χ3v) is 10.1. The second kappa shape index (κ2) is 16.3. The van der Waals surface area contributed by atoms with Gasteiger partial charge in [0.05, 0.1) is 14.7 Å². The monoisotopic (exact) mass is 786 g/mol. The molecule has 1 aliphatic heterocycles. The van der Waals surface area contributed by atoms with E-state index in [1.807, 2.05) is 6.92 Å². The van der Waals surface area contributed by atoms with Crippen LogP contribution in [0.3, 0.4) is 0 Å². The number of carbonyl (C=O) groups is 1. The Kier molecular flexibility index (Phi) is 13.0. The number of non-ortho nitro benzene ring substituents is 1. The highest BCUT2D eigenvalue weighted by Gasteiger charge is 2.28. The molecule has 1 fully saturated rings. The number of aryl methyl sites for hydroxylation is 1. The van der Waals surface area contributed by atoms with Gasteiger partial charge in [-0.1, -0.05) is 29.8 Å². The number of guanidine groups is 1. The Hall–Kier alpha value is -3.65. The fourth-order valence-corrected chi connectivity index (χ4v) is 6.61. The number of nitrogens with two attached hydrogens (primary N) is 1. The average molecular weight is 787 g/mol. The highest BCUT2D eigenvalue weighted by atomic mass is 127. The second-order valence-corrected chi connectivity index (χ2v) is 15.0. The molecule has 1 heterocycles. The number of hydrogen-bond donors (Lipinski definition) is 5. The van der Waals surface area contributed by atoms with Gasteiger partial charge in [0.1, 0.15) is 6.04 Å². The van der Waals surface area contributed by atoms with Gasteiger partial charge in [-0.2, -0.15) is 13.1 Å². The summed E-state index contributed by atoms with van der Waals surface area (Å²) in [5.41, 5.74) is 7.02.